The molecule has 0 radical (unpaired) electrons. The Morgan fingerprint density at radius 1 is 0.968 bits per heavy atom. The second-order valence-corrected chi connectivity index (χ2v) is 8.30. The number of carbonyl (C=O) groups is 1. The maximum atomic E-state index is 11.4. The van der Waals surface area contributed by atoms with E-state index < -0.39 is 5.60 Å². The number of aliphatic hydroxyl groups is 1. The van der Waals surface area contributed by atoms with E-state index in [2.05, 4.69) is 53.0 Å². The molecule has 0 atom stereocenters. The summed E-state index contributed by atoms with van der Waals surface area (Å²) in [7, 11) is 0. The molecule has 0 bridgehead atoms. The summed E-state index contributed by atoms with van der Waals surface area (Å²) in [5.74, 6) is 0.658. The number of rotatable bonds is 9. The van der Waals surface area contributed by atoms with E-state index in [1.165, 1.54) is 5.56 Å². The van der Waals surface area contributed by atoms with Crippen LogP contribution >= 0.6 is 0 Å². The Balaban J connectivity index is 0.000000316. The van der Waals surface area contributed by atoms with Gasteiger partial charge in [-0.2, -0.15) is 0 Å². The van der Waals surface area contributed by atoms with Gasteiger partial charge in [-0.15, -0.1) is 13.2 Å². The molecule has 0 unspecified atom stereocenters. The molecule has 1 N–H and O–H groups in total. The van der Waals surface area contributed by atoms with Gasteiger partial charge in [0.1, 0.15) is 0 Å². The minimum Gasteiger partial charge on any atom is -0.462 e. The van der Waals surface area contributed by atoms with Crippen LogP contribution in [0.4, 0.5) is 0 Å². The average Bonchev–Trinajstić information content (AvgIpc) is 2.75. The summed E-state index contributed by atoms with van der Waals surface area (Å²) in [6.45, 7) is 18.2. The number of ether oxygens (including phenoxy) is 1. The number of hydrogen-bond acceptors (Lipinski definition) is 3. The molecule has 0 heterocycles. The second kappa shape index (κ2) is 12.9. The highest BCUT2D eigenvalue weighted by Crippen LogP contribution is 2.31. The van der Waals surface area contributed by atoms with Crippen LogP contribution in [0.5, 0.6) is 0 Å². The minimum absolute atomic E-state index is 0.241. The predicted octanol–water partition coefficient (Wildman–Crippen LogP) is 7.14. The van der Waals surface area contributed by atoms with E-state index in [4.69, 9.17) is 4.74 Å². The van der Waals surface area contributed by atoms with Crippen LogP contribution in [0.1, 0.15) is 86.3 Å². The SMILES string of the molecule is C=CCC(O)(CC=C)c1cccc(C(C)C)c1.CCOC(=O)c1cccc(C(C)C)c1. The third kappa shape index (κ3) is 8.18. The average molecular weight is 423 g/mol. The van der Waals surface area contributed by atoms with Gasteiger partial charge in [0.2, 0.25) is 0 Å². The summed E-state index contributed by atoms with van der Waals surface area (Å²) in [4.78, 5) is 11.4. The van der Waals surface area contributed by atoms with E-state index in [1.807, 2.05) is 37.3 Å². The lowest BCUT2D eigenvalue weighted by atomic mass is 9.85. The van der Waals surface area contributed by atoms with Crippen LogP contribution in [-0.2, 0) is 10.3 Å². The van der Waals surface area contributed by atoms with Gasteiger partial charge in [-0.3, -0.25) is 0 Å². The summed E-state index contributed by atoms with van der Waals surface area (Å²) in [6, 6.07) is 15.7. The maximum absolute atomic E-state index is 11.4. The van der Waals surface area contributed by atoms with E-state index in [-0.39, 0.29) is 5.97 Å². The van der Waals surface area contributed by atoms with Gasteiger partial charge in [0, 0.05) is 0 Å². The summed E-state index contributed by atoms with van der Waals surface area (Å²) >= 11 is 0. The molecule has 0 aliphatic heterocycles. The molecule has 0 aliphatic carbocycles. The van der Waals surface area contributed by atoms with Crippen LogP contribution in [0.3, 0.4) is 0 Å². The van der Waals surface area contributed by atoms with Crippen molar-refractivity contribution in [2.24, 2.45) is 0 Å². The summed E-state index contributed by atoms with van der Waals surface area (Å²) in [6.07, 6.45) is 4.60. The largest absolute Gasteiger partial charge is 0.462 e. The molecule has 0 spiro atoms. The zero-order valence-corrected chi connectivity index (χ0v) is 19.7. The lowest BCUT2D eigenvalue weighted by Gasteiger charge is -2.27. The molecule has 3 heteroatoms. The number of carbonyl (C=O) groups excluding carboxylic acids is 1. The van der Waals surface area contributed by atoms with Crippen molar-refractivity contribution in [3.8, 4) is 0 Å². The Labute approximate surface area is 188 Å². The molecule has 0 aliphatic rings. The van der Waals surface area contributed by atoms with Gasteiger partial charge in [0.25, 0.3) is 0 Å². The van der Waals surface area contributed by atoms with Crippen LogP contribution in [0, 0.1) is 0 Å². The molecule has 0 aromatic heterocycles. The van der Waals surface area contributed by atoms with E-state index in [0.29, 0.717) is 36.8 Å². The fourth-order valence-electron chi connectivity index (χ4n) is 3.22. The second-order valence-electron chi connectivity index (χ2n) is 8.30. The first-order valence-electron chi connectivity index (χ1n) is 11.0. The Morgan fingerprint density at radius 3 is 1.97 bits per heavy atom. The zero-order valence-electron chi connectivity index (χ0n) is 19.7. The minimum atomic E-state index is -0.867. The van der Waals surface area contributed by atoms with Crippen LogP contribution in [0.2, 0.25) is 0 Å². The summed E-state index contributed by atoms with van der Waals surface area (Å²) < 4.78 is 4.92. The van der Waals surface area contributed by atoms with Gasteiger partial charge < -0.3 is 9.84 Å². The van der Waals surface area contributed by atoms with Crippen molar-refractivity contribution in [1.82, 2.24) is 0 Å². The van der Waals surface area contributed by atoms with Gasteiger partial charge in [-0.25, -0.2) is 4.79 Å². The van der Waals surface area contributed by atoms with Crippen LogP contribution < -0.4 is 0 Å². The third-order valence-electron chi connectivity index (χ3n) is 5.12. The number of esters is 1. The molecule has 0 saturated carbocycles. The number of benzene rings is 2. The van der Waals surface area contributed by atoms with Crippen LogP contribution in [0.25, 0.3) is 0 Å². The van der Waals surface area contributed by atoms with Crippen molar-refractivity contribution in [3.63, 3.8) is 0 Å². The molecule has 31 heavy (non-hydrogen) atoms. The molecule has 3 nitrogen and oxygen atoms in total. The van der Waals surface area contributed by atoms with Crippen molar-refractivity contribution in [2.45, 2.75) is 64.9 Å². The highest BCUT2D eigenvalue weighted by molar-refractivity contribution is 5.89. The van der Waals surface area contributed by atoms with E-state index >= 15 is 0 Å². The Bertz CT molecular complexity index is 839. The lowest BCUT2D eigenvalue weighted by Crippen LogP contribution is -2.24. The van der Waals surface area contributed by atoms with Gasteiger partial charge in [-0.1, -0.05) is 76.2 Å². The van der Waals surface area contributed by atoms with Crippen molar-refractivity contribution in [3.05, 3.63) is 96.1 Å². The normalized spacial score (nSPS) is 11.0. The molecule has 0 fully saturated rings. The fraction of sp³-hybridized carbons (Fsp3) is 0.393. The Hall–Kier alpha value is -2.65. The van der Waals surface area contributed by atoms with E-state index in [0.717, 1.165) is 11.1 Å². The Morgan fingerprint density at radius 2 is 1.48 bits per heavy atom. The zero-order chi connectivity index (χ0) is 23.4. The Kier molecular flexibility index (Phi) is 11.0. The topological polar surface area (TPSA) is 46.5 Å². The third-order valence-corrected chi connectivity index (χ3v) is 5.12. The van der Waals surface area contributed by atoms with Crippen molar-refractivity contribution < 1.29 is 14.6 Å². The fourth-order valence-corrected chi connectivity index (χ4v) is 3.22. The maximum Gasteiger partial charge on any atom is 0.338 e. The van der Waals surface area contributed by atoms with E-state index in [1.54, 1.807) is 18.2 Å². The first-order chi connectivity index (χ1) is 14.7. The van der Waals surface area contributed by atoms with Crippen molar-refractivity contribution in [2.75, 3.05) is 6.61 Å². The molecule has 2 aromatic rings. The molecule has 2 aromatic carbocycles. The van der Waals surface area contributed by atoms with Gasteiger partial charge in [0.15, 0.2) is 0 Å². The first-order valence-corrected chi connectivity index (χ1v) is 11.0. The molecular formula is C28H38O3. The van der Waals surface area contributed by atoms with Crippen molar-refractivity contribution >= 4 is 5.97 Å². The molecule has 0 saturated heterocycles. The summed E-state index contributed by atoms with van der Waals surface area (Å²) in [5, 5.41) is 10.6. The van der Waals surface area contributed by atoms with Crippen LogP contribution in [-0.4, -0.2) is 17.7 Å². The monoisotopic (exact) mass is 422 g/mol. The standard InChI is InChI=1S/C16H22O.C12H16O2/c1-5-10-16(17,11-6-2)15-9-7-8-14(12-15)13(3)4;1-4-14-12(13)11-7-5-6-10(8-11)9(2)3/h5-9,12-13,17H,1-2,10-11H2,3-4H3;5-9H,4H2,1-3H3. The molecule has 2 rings (SSSR count). The lowest BCUT2D eigenvalue weighted by molar-refractivity contribution is 0.0428. The number of hydrogen-bond donors (Lipinski definition) is 1. The highest BCUT2D eigenvalue weighted by atomic mass is 16.5. The van der Waals surface area contributed by atoms with Crippen molar-refractivity contribution in [1.29, 1.82) is 0 Å². The quantitative estimate of drug-likeness (QED) is 0.345. The first kappa shape index (κ1) is 26.4. The van der Waals surface area contributed by atoms with Gasteiger partial charge in [0.05, 0.1) is 17.8 Å². The molecular weight excluding hydrogens is 384 g/mol. The van der Waals surface area contributed by atoms with E-state index in [9.17, 15) is 9.90 Å². The van der Waals surface area contributed by atoms with Crippen LogP contribution in [0.15, 0.2) is 73.8 Å². The predicted molar refractivity (Wildman–Crippen MR) is 131 cm³/mol. The molecule has 168 valence electrons. The smallest absolute Gasteiger partial charge is 0.338 e. The van der Waals surface area contributed by atoms with Gasteiger partial charge in [-0.05, 0) is 60.4 Å². The molecule has 0 amide bonds. The van der Waals surface area contributed by atoms with Gasteiger partial charge >= 0.3 is 5.97 Å². The highest BCUT2D eigenvalue weighted by Gasteiger charge is 2.26. The summed E-state index contributed by atoms with van der Waals surface area (Å²) in [5.41, 5.74) is 3.13.